The van der Waals surface area contributed by atoms with Gasteiger partial charge in [-0.3, -0.25) is 0 Å². The van der Waals surface area contributed by atoms with Crippen molar-refractivity contribution in [1.82, 2.24) is 5.48 Å². The quantitative estimate of drug-likeness (QED) is 0.846. The van der Waals surface area contributed by atoms with Gasteiger partial charge in [-0.05, 0) is 27.6 Å². The molecule has 0 heterocycles. The van der Waals surface area contributed by atoms with Gasteiger partial charge < -0.3 is 9.57 Å². The van der Waals surface area contributed by atoms with Crippen LogP contribution in [0.1, 0.15) is 5.56 Å². The highest BCUT2D eigenvalue weighted by molar-refractivity contribution is 9.10. The zero-order valence-electron chi connectivity index (χ0n) is 7.93. The Hall–Kier alpha value is -0.650. The van der Waals surface area contributed by atoms with Gasteiger partial charge >= 0.3 is 0 Å². The van der Waals surface area contributed by atoms with Crippen molar-refractivity contribution in [3.63, 3.8) is 0 Å². The predicted molar refractivity (Wildman–Crippen MR) is 54.5 cm³/mol. The fraction of sp³-hybridized carbons (Fsp3) is 0.333. The van der Waals surface area contributed by atoms with Crippen molar-refractivity contribution in [2.24, 2.45) is 0 Å². The Balaban J connectivity index is 2.96. The van der Waals surface area contributed by atoms with Gasteiger partial charge in [0.2, 0.25) is 0 Å². The molecule has 1 rings (SSSR count). The second-order valence-electron chi connectivity index (χ2n) is 2.61. The van der Waals surface area contributed by atoms with E-state index in [-0.39, 0.29) is 5.82 Å². The first-order valence-electron chi connectivity index (χ1n) is 3.96. The highest BCUT2D eigenvalue weighted by atomic mass is 79.9. The number of halogens is 2. The molecule has 0 saturated carbocycles. The highest BCUT2D eigenvalue weighted by Crippen LogP contribution is 2.29. The summed E-state index contributed by atoms with van der Waals surface area (Å²) in [5.41, 5.74) is 3.37. The minimum absolute atomic E-state index is 0.335. The van der Waals surface area contributed by atoms with Crippen molar-refractivity contribution in [3.05, 3.63) is 28.0 Å². The van der Waals surface area contributed by atoms with Crippen molar-refractivity contribution in [2.45, 2.75) is 6.54 Å². The molecular formula is C9H11BrFNO2. The maximum Gasteiger partial charge on any atom is 0.136 e. The monoisotopic (exact) mass is 263 g/mol. The van der Waals surface area contributed by atoms with Crippen LogP contribution in [0.15, 0.2) is 16.6 Å². The summed E-state index contributed by atoms with van der Waals surface area (Å²) in [4.78, 5) is 4.68. The number of hydrogen-bond acceptors (Lipinski definition) is 3. The second-order valence-corrected chi connectivity index (χ2v) is 3.40. The van der Waals surface area contributed by atoms with E-state index in [1.807, 2.05) is 0 Å². The van der Waals surface area contributed by atoms with Crippen molar-refractivity contribution >= 4 is 15.9 Å². The van der Waals surface area contributed by atoms with Crippen molar-refractivity contribution < 1.29 is 14.0 Å². The number of rotatable bonds is 4. The van der Waals surface area contributed by atoms with E-state index < -0.39 is 0 Å². The molecule has 0 spiro atoms. The number of methoxy groups -OCH3 is 1. The Kier molecular flexibility index (Phi) is 4.31. The third kappa shape index (κ3) is 2.67. The largest absolute Gasteiger partial charge is 0.495 e. The minimum atomic E-state index is -0.335. The first kappa shape index (κ1) is 11.4. The van der Waals surface area contributed by atoms with Crippen molar-refractivity contribution in [3.8, 4) is 5.75 Å². The average Bonchev–Trinajstić information content (AvgIpc) is 2.18. The van der Waals surface area contributed by atoms with Gasteiger partial charge in [-0.2, -0.15) is 5.48 Å². The van der Waals surface area contributed by atoms with Crippen LogP contribution in [0, 0.1) is 5.82 Å². The van der Waals surface area contributed by atoms with Crippen LogP contribution >= 0.6 is 15.9 Å². The van der Waals surface area contributed by atoms with Gasteiger partial charge in [0.25, 0.3) is 0 Å². The SMILES string of the molecule is CONCc1cc(F)cc(OC)c1Br. The van der Waals surface area contributed by atoms with E-state index in [1.54, 1.807) is 0 Å². The third-order valence-corrected chi connectivity index (χ3v) is 2.61. The molecule has 3 nitrogen and oxygen atoms in total. The molecule has 0 bridgehead atoms. The summed E-state index contributed by atoms with van der Waals surface area (Å²) in [5.74, 6) is 0.135. The van der Waals surface area contributed by atoms with Gasteiger partial charge in [0.05, 0.1) is 18.7 Å². The van der Waals surface area contributed by atoms with E-state index in [9.17, 15) is 4.39 Å². The molecule has 0 amide bonds. The summed E-state index contributed by atoms with van der Waals surface area (Å²) >= 11 is 3.32. The first-order valence-corrected chi connectivity index (χ1v) is 4.76. The molecule has 0 unspecified atom stereocenters. The third-order valence-electron chi connectivity index (χ3n) is 1.71. The first-order chi connectivity index (χ1) is 6.69. The number of hydroxylamine groups is 1. The Morgan fingerprint density at radius 3 is 2.71 bits per heavy atom. The molecule has 0 saturated heterocycles. The number of ether oxygens (including phenoxy) is 1. The van der Waals surface area contributed by atoms with Crippen molar-refractivity contribution in [2.75, 3.05) is 14.2 Å². The zero-order valence-corrected chi connectivity index (χ0v) is 9.52. The Morgan fingerprint density at radius 1 is 1.43 bits per heavy atom. The molecule has 0 aliphatic rings. The van der Waals surface area contributed by atoms with Crippen LogP contribution in [0.5, 0.6) is 5.75 Å². The van der Waals surface area contributed by atoms with Gasteiger partial charge in [-0.15, -0.1) is 0 Å². The lowest BCUT2D eigenvalue weighted by atomic mass is 10.2. The van der Waals surface area contributed by atoms with Gasteiger partial charge in [-0.25, -0.2) is 4.39 Å². The van der Waals surface area contributed by atoms with Crippen LogP contribution in [0.3, 0.4) is 0 Å². The van der Waals surface area contributed by atoms with E-state index in [1.165, 1.54) is 26.4 Å². The second kappa shape index (κ2) is 5.29. The molecule has 0 aromatic heterocycles. The fourth-order valence-corrected chi connectivity index (χ4v) is 1.58. The normalized spacial score (nSPS) is 10.3. The predicted octanol–water partition coefficient (Wildman–Crippen LogP) is 2.25. The summed E-state index contributed by atoms with van der Waals surface area (Å²) < 4.78 is 18.8. The van der Waals surface area contributed by atoms with Crippen LogP contribution < -0.4 is 10.2 Å². The zero-order chi connectivity index (χ0) is 10.6. The van der Waals surface area contributed by atoms with E-state index in [4.69, 9.17) is 4.74 Å². The summed E-state index contributed by atoms with van der Waals surface area (Å²) in [6.07, 6.45) is 0. The van der Waals surface area contributed by atoms with Crippen LogP contribution in [0.25, 0.3) is 0 Å². The lowest BCUT2D eigenvalue weighted by Crippen LogP contribution is -2.11. The molecule has 0 radical (unpaired) electrons. The molecule has 0 atom stereocenters. The number of nitrogens with one attached hydrogen (secondary N) is 1. The molecule has 0 aliphatic carbocycles. The summed E-state index contributed by atoms with van der Waals surface area (Å²) in [6.45, 7) is 0.408. The Labute approximate surface area is 90.3 Å². The minimum Gasteiger partial charge on any atom is -0.495 e. The fourth-order valence-electron chi connectivity index (χ4n) is 1.05. The van der Waals surface area contributed by atoms with Crippen molar-refractivity contribution in [1.29, 1.82) is 0 Å². The van der Waals surface area contributed by atoms with Crippen LogP contribution in [0.2, 0.25) is 0 Å². The topological polar surface area (TPSA) is 30.5 Å². The molecule has 1 aromatic rings. The van der Waals surface area contributed by atoms with Gasteiger partial charge in [0.1, 0.15) is 11.6 Å². The van der Waals surface area contributed by atoms with Gasteiger partial charge in [0, 0.05) is 12.6 Å². The average molecular weight is 264 g/mol. The molecule has 5 heteroatoms. The smallest absolute Gasteiger partial charge is 0.136 e. The van der Waals surface area contributed by atoms with E-state index >= 15 is 0 Å². The molecule has 1 aromatic carbocycles. The molecular weight excluding hydrogens is 253 g/mol. The van der Waals surface area contributed by atoms with Gasteiger partial charge in [-0.1, -0.05) is 0 Å². The lowest BCUT2D eigenvalue weighted by molar-refractivity contribution is 0.0864. The van der Waals surface area contributed by atoms with E-state index in [0.29, 0.717) is 12.3 Å². The summed E-state index contributed by atoms with van der Waals surface area (Å²) in [5, 5.41) is 0. The maximum atomic E-state index is 13.1. The standard InChI is InChI=1S/C9H11BrFNO2/c1-13-8-4-7(11)3-6(9(8)10)5-12-14-2/h3-4,12H,5H2,1-2H3. The highest BCUT2D eigenvalue weighted by Gasteiger charge is 2.08. The van der Waals surface area contributed by atoms with Gasteiger partial charge in [0.15, 0.2) is 0 Å². The maximum absolute atomic E-state index is 13.1. The number of hydrogen-bond donors (Lipinski definition) is 1. The van der Waals surface area contributed by atoms with Crippen LogP contribution in [-0.2, 0) is 11.4 Å². The number of benzene rings is 1. The van der Waals surface area contributed by atoms with E-state index in [0.717, 1.165) is 10.0 Å². The lowest BCUT2D eigenvalue weighted by Gasteiger charge is -2.09. The molecule has 1 N–H and O–H groups in total. The molecule has 0 fully saturated rings. The van der Waals surface area contributed by atoms with E-state index in [2.05, 4.69) is 26.2 Å². The van der Waals surface area contributed by atoms with Crippen LogP contribution in [0.4, 0.5) is 4.39 Å². The Morgan fingerprint density at radius 2 is 2.14 bits per heavy atom. The molecule has 0 aliphatic heterocycles. The molecule has 78 valence electrons. The summed E-state index contributed by atoms with van der Waals surface area (Å²) in [7, 11) is 3.00. The van der Waals surface area contributed by atoms with Crippen LogP contribution in [-0.4, -0.2) is 14.2 Å². The Bertz CT molecular complexity index is 320. The molecule has 14 heavy (non-hydrogen) atoms. The summed E-state index contributed by atoms with van der Waals surface area (Å²) in [6, 6.07) is 2.74.